The second kappa shape index (κ2) is 7.85. The highest BCUT2D eigenvalue weighted by Gasteiger charge is 2.36. The largest absolute Gasteiger partial charge is 0.497 e. The molecular weight excluding hydrogens is 324 g/mol. The van der Waals surface area contributed by atoms with Crippen molar-refractivity contribution >= 4 is 29.0 Å². The van der Waals surface area contributed by atoms with Crippen LogP contribution in [0.4, 0.5) is 4.79 Å². The van der Waals surface area contributed by atoms with Crippen LogP contribution < -0.4 is 4.74 Å². The Kier molecular flexibility index (Phi) is 5.58. The smallest absolute Gasteiger partial charge is 0.294 e. The van der Waals surface area contributed by atoms with E-state index in [1.807, 2.05) is 24.3 Å². The van der Waals surface area contributed by atoms with E-state index in [-0.39, 0.29) is 11.1 Å². The van der Waals surface area contributed by atoms with E-state index in [4.69, 9.17) is 4.74 Å². The molecule has 0 unspecified atom stereocenters. The topological polar surface area (TPSA) is 49.9 Å². The van der Waals surface area contributed by atoms with E-state index in [0.29, 0.717) is 11.6 Å². The minimum Gasteiger partial charge on any atom is -0.497 e. The van der Waals surface area contributed by atoms with Crippen molar-refractivity contribution in [2.45, 2.75) is 25.7 Å². The van der Waals surface area contributed by atoms with Crippen LogP contribution in [-0.4, -0.2) is 47.8 Å². The van der Waals surface area contributed by atoms with Gasteiger partial charge in [0, 0.05) is 0 Å². The fraction of sp³-hybridized carbons (Fsp3) is 0.444. The van der Waals surface area contributed by atoms with Crippen molar-refractivity contribution < 1.29 is 14.3 Å². The molecule has 24 heavy (non-hydrogen) atoms. The second-order valence-corrected chi connectivity index (χ2v) is 7.05. The van der Waals surface area contributed by atoms with Crippen molar-refractivity contribution in [3.05, 3.63) is 34.7 Å². The van der Waals surface area contributed by atoms with E-state index in [0.717, 1.165) is 49.0 Å². The van der Waals surface area contributed by atoms with Crippen LogP contribution in [0.3, 0.4) is 0 Å². The van der Waals surface area contributed by atoms with Crippen LogP contribution in [0.5, 0.6) is 5.75 Å². The normalized spacial score (nSPS) is 21.4. The Morgan fingerprint density at radius 3 is 2.38 bits per heavy atom. The first kappa shape index (κ1) is 17.0. The van der Waals surface area contributed by atoms with E-state index in [9.17, 15) is 9.59 Å². The van der Waals surface area contributed by atoms with Gasteiger partial charge in [-0.2, -0.15) is 0 Å². The van der Waals surface area contributed by atoms with Gasteiger partial charge in [0.2, 0.25) is 0 Å². The van der Waals surface area contributed by atoms with Crippen molar-refractivity contribution in [3.8, 4) is 5.75 Å². The molecule has 0 atom stereocenters. The van der Waals surface area contributed by atoms with Gasteiger partial charge in [-0.25, -0.2) is 0 Å². The van der Waals surface area contributed by atoms with Crippen LogP contribution in [0, 0.1) is 0 Å². The molecular formula is C18H22N2O3S. The number of methoxy groups -OCH3 is 1. The molecule has 0 spiro atoms. The third-order valence-electron chi connectivity index (χ3n) is 4.33. The number of ether oxygens (including phenoxy) is 1. The minimum atomic E-state index is -0.190. The van der Waals surface area contributed by atoms with Crippen LogP contribution in [0.1, 0.15) is 31.2 Å². The lowest BCUT2D eigenvalue weighted by atomic mass is 10.2. The highest BCUT2D eigenvalue weighted by molar-refractivity contribution is 8.18. The molecule has 0 N–H and O–H groups in total. The molecule has 2 saturated heterocycles. The first-order chi connectivity index (χ1) is 11.7. The summed E-state index contributed by atoms with van der Waals surface area (Å²) in [4.78, 5) is 28.9. The summed E-state index contributed by atoms with van der Waals surface area (Å²) in [6.45, 7) is 2.32. The van der Waals surface area contributed by atoms with Gasteiger partial charge < -0.3 is 4.74 Å². The molecule has 6 heteroatoms. The zero-order chi connectivity index (χ0) is 16.9. The molecule has 128 valence electrons. The van der Waals surface area contributed by atoms with Gasteiger partial charge in [-0.3, -0.25) is 19.4 Å². The molecule has 2 amide bonds. The summed E-state index contributed by atoms with van der Waals surface area (Å²) in [7, 11) is 1.61. The van der Waals surface area contributed by atoms with Gasteiger partial charge in [-0.05, 0) is 61.5 Å². The van der Waals surface area contributed by atoms with Crippen molar-refractivity contribution in [1.82, 2.24) is 9.80 Å². The molecule has 0 radical (unpaired) electrons. The summed E-state index contributed by atoms with van der Waals surface area (Å²) in [5.41, 5.74) is 0.885. The number of nitrogens with zero attached hydrogens (tertiary/aromatic N) is 2. The van der Waals surface area contributed by atoms with Crippen molar-refractivity contribution in [2.24, 2.45) is 0 Å². The number of benzene rings is 1. The lowest BCUT2D eigenvalue weighted by molar-refractivity contribution is -0.124. The number of rotatable bonds is 4. The minimum absolute atomic E-state index is 0.177. The zero-order valence-electron chi connectivity index (χ0n) is 13.9. The quantitative estimate of drug-likeness (QED) is 0.780. The molecule has 0 bridgehead atoms. The zero-order valence-corrected chi connectivity index (χ0v) is 14.7. The fourth-order valence-corrected chi connectivity index (χ4v) is 3.78. The summed E-state index contributed by atoms with van der Waals surface area (Å²) in [5.74, 6) is 0.575. The molecule has 1 aromatic carbocycles. The van der Waals surface area contributed by atoms with Crippen molar-refractivity contribution in [1.29, 1.82) is 0 Å². The summed E-state index contributed by atoms with van der Waals surface area (Å²) < 4.78 is 5.13. The van der Waals surface area contributed by atoms with E-state index < -0.39 is 0 Å². The van der Waals surface area contributed by atoms with Crippen LogP contribution >= 0.6 is 11.8 Å². The molecule has 1 aromatic rings. The number of hydrogen-bond acceptors (Lipinski definition) is 5. The SMILES string of the molecule is COc1ccc(C=C2SC(=O)N(CN3CCCCCC3)C2=O)cc1. The van der Waals surface area contributed by atoms with Crippen molar-refractivity contribution in [3.63, 3.8) is 0 Å². The first-order valence-corrected chi connectivity index (χ1v) is 9.11. The third-order valence-corrected chi connectivity index (χ3v) is 5.23. The Labute approximate surface area is 146 Å². The Morgan fingerprint density at radius 1 is 1.08 bits per heavy atom. The maximum atomic E-state index is 12.6. The van der Waals surface area contributed by atoms with Crippen molar-refractivity contribution in [2.75, 3.05) is 26.9 Å². The second-order valence-electron chi connectivity index (χ2n) is 6.06. The molecule has 0 aliphatic carbocycles. The number of thioether (sulfide) groups is 1. The van der Waals surface area contributed by atoms with E-state index in [1.165, 1.54) is 17.7 Å². The highest BCUT2D eigenvalue weighted by Crippen LogP contribution is 2.32. The van der Waals surface area contributed by atoms with E-state index in [2.05, 4.69) is 4.90 Å². The summed E-state index contributed by atoms with van der Waals surface area (Å²) >= 11 is 1.02. The van der Waals surface area contributed by atoms with Gasteiger partial charge in [0.15, 0.2) is 0 Å². The predicted octanol–water partition coefficient (Wildman–Crippen LogP) is 3.57. The molecule has 3 rings (SSSR count). The van der Waals surface area contributed by atoms with Gasteiger partial charge in [0.25, 0.3) is 11.1 Å². The number of likely N-dealkylation sites (tertiary alicyclic amines) is 1. The van der Waals surface area contributed by atoms with Crippen LogP contribution in [0.2, 0.25) is 0 Å². The highest BCUT2D eigenvalue weighted by atomic mass is 32.2. The predicted molar refractivity (Wildman–Crippen MR) is 95.7 cm³/mol. The fourth-order valence-electron chi connectivity index (χ4n) is 2.95. The molecule has 0 aromatic heterocycles. The lowest BCUT2D eigenvalue weighted by Crippen LogP contribution is -2.40. The monoisotopic (exact) mass is 346 g/mol. The summed E-state index contributed by atoms with van der Waals surface area (Å²) in [6.07, 6.45) is 6.51. The number of amides is 2. The maximum absolute atomic E-state index is 12.6. The van der Waals surface area contributed by atoms with Crippen LogP contribution in [-0.2, 0) is 4.79 Å². The first-order valence-electron chi connectivity index (χ1n) is 8.29. The van der Waals surface area contributed by atoms with Gasteiger partial charge in [-0.15, -0.1) is 0 Å². The van der Waals surface area contributed by atoms with Crippen LogP contribution in [0.25, 0.3) is 6.08 Å². The summed E-state index contributed by atoms with van der Waals surface area (Å²) in [5, 5.41) is -0.177. The maximum Gasteiger partial charge on any atom is 0.294 e. The van der Waals surface area contributed by atoms with Gasteiger partial charge in [0.1, 0.15) is 5.75 Å². The number of hydrogen-bond donors (Lipinski definition) is 0. The van der Waals surface area contributed by atoms with Gasteiger partial charge >= 0.3 is 0 Å². The Balaban J connectivity index is 1.69. The lowest BCUT2D eigenvalue weighted by Gasteiger charge is -2.24. The molecule has 2 aliphatic heterocycles. The van der Waals surface area contributed by atoms with Crippen LogP contribution in [0.15, 0.2) is 29.2 Å². The Hall–Kier alpha value is -1.79. The molecule has 5 nitrogen and oxygen atoms in total. The molecule has 2 heterocycles. The standard InChI is InChI=1S/C18H22N2O3S/c1-23-15-8-6-14(7-9-15)12-16-17(21)20(18(22)24-16)13-19-10-4-2-3-5-11-19/h6-9,12H,2-5,10-11,13H2,1H3. The molecule has 0 saturated carbocycles. The number of carbonyl (C=O) groups excluding carboxylic acids is 2. The Bertz CT molecular complexity index is 634. The van der Waals surface area contributed by atoms with E-state index in [1.54, 1.807) is 13.2 Å². The molecule has 2 fully saturated rings. The third kappa shape index (κ3) is 3.99. The van der Waals surface area contributed by atoms with E-state index >= 15 is 0 Å². The average Bonchev–Trinajstić information content (AvgIpc) is 2.78. The Morgan fingerprint density at radius 2 is 1.75 bits per heavy atom. The van der Waals surface area contributed by atoms with Gasteiger partial charge in [-0.1, -0.05) is 25.0 Å². The average molecular weight is 346 g/mol. The van der Waals surface area contributed by atoms with Gasteiger partial charge in [0.05, 0.1) is 18.7 Å². The summed E-state index contributed by atoms with van der Waals surface area (Å²) in [6, 6.07) is 7.43. The molecule has 2 aliphatic rings. The number of imide groups is 1. The number of carbonyl (C=O) groups is 2.